The molecule has 0 aliphatic rings. The SMILES string of the molecule is CCCC[C@H](NC(=O)CC(O)/C=C/CCS)C(=O)OC. The van der Waals surface area contributed by atoms with E-state index in [1.165, 1.54) is 7.11 Å². The van der Waals surface area contributed by atoms with E-state index in [1.54, 1.807) is 12.2 Å². The molecule has 0 rings (SSSR count). The summed E-state index contributed by atoms with van der Waals surface area (Å²) < 4.78 is 4.66. The largest absolute Gasteiger partial charge is 0.467 e. The quantitative estimate of drug-likeness (QED) is 0.324. The molecule has 0 saturated carbocycles. The van der Waals surface area contributed by atoms with Gasteiger partial charge < -0.3 is 15.2 Å². The van der Waals surface area contributed by atoms with Crippen LogP contribution in [0.5, 0.6) is 0 Å². The molecule has 6 heteroatoms. The number of nitrogens with one attached hydrogen (secondary N) is 1. The van der Waals surface area contributed by atoms with Crippen LogP contribution in [-0.2, 0) is 14.3 Å². The van der Waals surface area contributed by atoms with Gasteiger partial charge in [0.15, 0.2) is 0 Å². The number of esters is 1. The lowest BCUT2D eigenvalue weighted by Gasteiger charge is -2.16. The van der Waals surface area contributed by atoms with E-state index >= 15 is 0 Å². The van der Waals surface area contributed by atoms with Crippen LogP contribution >= 0.6 is 12.6 Å². The number of aliphatic hydroxyl groups is 1. The highest BCUT2D eigenvalue weighted by Crippen LogP contribution is 2.04. The maximum Gasteiger partial charge on any atom is 0.328 e. The van der Waals surface area contributed by atoms with E-state index < -0.39 is 18.1 Å². The summed E-state index contributed by atoms with van der Waals surface area (Å²) in [5.74, 6) is -0.122. The Morgan fingerprint density at radius 2 is 2.15 bits per heavy atom. The standard InChI is InChI=1S/C14H25NO4S/c1-3-4-8-12(14(18)19-2)15-13(17)10-11(16)7-5-6-9-20/h5,7,11-12,16,20H,3-4,6,8-10H2,1-2H3,(H,15,17)/b7-5+/t11?,12-/m0/s1. The summed E-state index contributed by atoms with van der Waals surface area (Å²) in [5, 5.41) is 12.2. The molecule has 1 unspecified atom stereocenters. The molecule has 0 aromatic carbocycles. The summed E-state index contributed by atoms with van der Waals surface area (Å²) in [7, 11) is 1.29. The van der Waals surface area contributed by atoms with Gasteiger partial charge in [-0.15, -0.1) is 0 Å². The minimum atomic E-state index is -0.848. The molecule has 1 amide bonds. The van der Waals surface area contributed by atoms with Crippen molar-refractivity contribution in [3.05, 3.63) is 12.2 Å². The van der Waals surface area contributed by atoms with Gasteiger partial charge in [0, 0.05) is 0 Å². The van der Waals surface area contributed by atoms with E-state index in [0.717, 1.165) is 19.3 Å². The summed E-state index contributed by atoms with van der Waals surface area (Å²) in [6.07, 6.45) is 5.46. The summed E-state index contributed by atoms with van der Waals surface area (Å²) >= 11 is 4.04. The minimum absolute atomic E-state index is 0.0668. The van der Waals surface area contributed by atoms with Crippen LogP contribution in [0.3, 0.4) is 0 Å². The number of ether oxygens (including phenoxy) is 1. The lowest BCUT2D eigenvalue weighted by atomic mass is 10.1. The average molecular weight is 303 g/mol. The molecule has 2 atom stereocenters. The fraction of sp³-hybridized carbons (Fsp3) is 0.714. The number of hydrogen-bond donors (Lipinski definition) is 3. The molecule has 0 aromatic rings. The molecule has 2 N–H and O–H groups in total. The van der Waals surface area contributed by atoms with Gasteiger partial charge in [0.05, 0.1) is 19.6 Å². The van der Waals surface area contributed by atoms with E-state index in [4.69, 9.17) is 0 Å². The number of carbonyl (C=O) groups is 2. The second-order valence-electron chi connectivity index (χ2n) is 4.50. The highest BCUT2D eigenvalue weighted by Gasteiger charge is 2.21. The highest BCUT2D eigenvalue weighted by molar-refractivity contribution is 7.80. The van der Waals surface area contributed by atoms with Crippen molar-refractivity contribution in [2.45, 2.75) is 51.2 Å². The number of allylic oxidation sites excluding steroid dienone is 1. The van der Waals surface area contributed by atoms with Crippen molar-refractivity contribution in [3.63, 3.8) is 0 Å². The molecule has 0 bridgehead atoms. The zero-order chi connectivity index (χ0) is 15.4. The van der Waals surface area contributed by atoms with Crippen LogP contribution < -0.4 is 5.32 Å². The number of thiol groups is 1. The van der Waals surface area contributed by atoms with Crippen LogP contribution in [0.25, 0.3) is 0 Å². The second-order valence-corrected chi connectivity index (χ2v) is 4.94. The molecule has 5 nitrogen and oxygen atoms in total. The van der Waals surface area contributed by atoms with Crippen LogP contribution in [0.2, 0.25) is 0 Å². The third-order valence-corrected chi connectivity index (χ3v) is 2.97. The Morgan fingerprint density at radius 1 is 1.45 bits per heavy atom. The van der Waals surface area contributed by atoms with Crippen LogP contribution in [-0.4, -0.2) is 42.0 Å². The number of carbonyl (C=O) groups excluding carboxylic acids is 2. The lowest BCUT2D eigenvalue weighted by Crippen LogP contribution is -2.42. The van der Waals surface area contributed by atoms with Crippen LogP contribution in [0.4, 0.5) is 0 Å². The zero-order valence-electron chi connectivity index (χ0n) is 12.2. The topological polar surface area (TPSA) is 75.6 Å². The van der Waals surface area contributed by atoms with Crippen molar-refractivity contribution in [2.24, 2.45) is 0 Å². The first-order valence-electron chi connectivity index (χ1n) is 6.87. The molecule has 0 aliphatic heterocycles. The zero-order valence-corrected chi connectivity index (χ0v) is 13.1. The molecule has 116 valence electrons. The molecule has 0 saturated heterocycles. The van der Waals surface area contributed by atoms with E-state index in [-0.39, 0.29) is 12.3 Å². The first-order valence-corrected chi connectivity index (χ1v) is 7.51. The number of unbranched alkanes of at least 4 members (excludes halogenated alkanes) is 1. The number of rotatable bonds is 10. The van der Waals surface area contributed by atoms with Gasteiger partial charge in [0.25, 0.3) is 0 Å². The van der Waals surface area contributed by atoms with Crippen molar-refractivity contribution in [1.29, 1.82) is 0 Å². The van der Waals surface area contributed by atoms with Gasteiger partial charge in [-0.2, -0.15) is 12.6 Å². The predicted octanol–water partition coefficient (Wildman–Crippen LogP) is 1.46. The lowest BCUT2D eigenvalue weighted by molar-refractivity contribution is -0.145. The summed E-state index contributed by atoms with van der Waals surface area (Å²) in [5.41, 5.74) is 0. The molecule has 0 heterocycles. The van der Waals surface area contributed by atoms with Crippen molar-refractivity contribution in [3.8, 4) is 0 Å². The Labute approximate surface area is 126 Å². The fourth-order valence-corrected chi connectivity index (χ4v) is 1.79. The van der Waals surface area contributed by atoms with Crippen molar-refractivity contribution >= 4 is 24.5 Å². The van der Waals surface area contributed by atoms with Crippen LogP contribution in [0.15, 0.2) is 12.2 Å². The average Bonchev–Trinajstić information content (AvgIpc) is 2.42. The van der Waals surface area contributed by atoms with Gasteiger partial charge in [0.1, 0.15) is 6.04 Å². The van der Waals surface area contributed by atoms with Gasteiger partial charge in [-0.1, -0.05) is 31.9 Å². The van der Waals surface area contributed by atoms with Crippen LogP contribution in [0, 0.1) is 0 Å². The summed E-state index contributed by atoms with van der Waals surface area (Å²) in [4.78, 5) is 23.3. The molecule has 20 heavy (non-hydrogen) atoms. The first-order chi connectivity index (χ1) is 9.54. The summed E-state index contributed by atoms with van der Waals surface area (Å²) in [6.45, 7) is 2.01. The van der Waals surface area contributed by atoms with E-state index in [2.05, 4.69) is 22.7 Å². The molecule has 0 radical (unpaired) electrons. The van der Waals surface area contributed by atoms with Crippen LogP contribution in [0.1, 0.15) is 39.0 Å². The molecule has 0 aliphatic carbocycles. The van der Waals surface area contributed by atoms with E-state index in [1.807, 2.05) is 6.92 Å². The van der Waals surface area contributed by atoms with Gasteiger partial charge in [-0.25, -0.2) is 4.79 Å². The molecular weight excluding hydrogens is 278 g/mol. The first kappa shape index (κ1) is 19.0. The number of aliphatic hydroxyl groups excluding tert-OH is 1. The molecule has 0 aromatic heterocycles. The predicted molar refractivity (Wildman–Crippen MR) is 81.7 cm³/mol. The highest BCUT2D eigenvalue weighted by atomic mass is 32.1. The van der Waals surface area contributed by atoms with Crippen molar-refractivity contribution in [1.82, 2.24) is 5.32 Å². The third-order valence-electron chi connectivity index (χ3n) is 2.72. The van der Waals surface area contributed by atoms with Gasteiger partial charge in [0.2, 0.25) is 5.91 Å². The molecular formula is C14H25NO4S. The third kappa shape index (κ3) is 8.98. The Bertz CT molecular complexity index is 320. The number of amides is 1. The number of hydrogen-bond acceptors (Lipinski definition) is 5. The number of methoxy groups -OCH3 is 1. The molecule has 0 spiro atoms. The van der Waals surface area contributed by atoms with Crippen molar-refractivity contribution in [2.75, 3.05) is 12.9 Å². The van der Waals surface area contributed by atoms with Gasteiger partial charge in [-0.3, -0.25) is 4.79 Å². The minimum Gasteiger partial charge on any atom is -0.467 e. The maximum atomic E-state index is 11.8. The Balaban J connectivity index is 4.26. The Hall–Kier alpha value is -1.01. The molecule has 0 fully saturated rings. The Kier molecular flexibility index (Phi) is 11.2. The van der Waals surface area contributed by atoms with Gasteiger partial charge >= 0.3 is 5.97 Å². The van der Waals surface area contributed by atoms with E-state index in [9.17, 15) is 14.7 Å². The summed E-state index contributed by atoms with van der Waals surface area (Å²) in [6, 6.07) is -0.638. The monoisotopic (exact) mass is 303 g/mol. The Morgan fingerprint density at radius 3 is 2.70 bits per heavy atom. The maximum absolute atomic E-state index is 11.8. The second kappa shape index (κ2) is 11.8. The smallest absolute Gasteiger partial charge is 0.328 e. The normalized spacial score (nSPS) is 14.0. The van der Waals surface area contributed by atoms with Crippen molar-refractivity contribution < 1.29 is 19.4 Å². The van der Waals surface area contributed by atoms with E-state index in [0.29, 0.717) is 12.2 Å². The fourth-order valence-electron chi connectivity index (χ4n) is 1.64. The van der Waals surface area contributed by atoms with Gasteiger partial charge in [-0.05, 0) is 18.6 Å².